The predicted molar refractivity (Wildman–Crippen MR) is 36.2 cm³/mol. The standard InChI is InChI=1S/C7H5F2NO2/c8-6(9)4-1-2-10-3-5(4)7(11)12/h1-3,6H,(H,11,12). The van der Waals surface area contributed by atoms with E-state index in [4.69, 9.17) is 5.11 Å². The lowest BCUT2D eigenvalue weighted by Gasteiger charge is -2.01. The molecule has 0 aliphatic rings. The third kappa shape index (κ3) is 1.55. The summed E-state index contributed by atoms with van der Waals surface area (Å²) in [6.45, 7) is 0. The van der Waals surface area contributed by atoms with Gasteiger partial charge in [0.05, 0.1) is 5.56 Å². The summed E-state index contributed by atoms with van der Waals surface area (Å²) in [4.78, 5) is 13.8. The van der Waals surface area contributed by atoms with Crippen LogP contribution in [0.15, 0.2) is 18.5 Å². The molecule has 0 saturated heterocycles. The molecule has 0 saturated carbocycles. The first-order valence-corrected chi connectivity index (χ1v) is 3.08. The molecule has 0 radical (unpaired) electrons. The molecule has 0 aliphatic carbocycles. The Bertz CT molecular complexity index is 301. The summed E-state index contributed by atoms with van der Waals surface area (Å²) in [7, 11) is 0. The first kappa shape index (κ1) is 8.58. The number of carboxylic acids is 1. The Hall–Kier alpha value is -1.52. The van der Waals surface area contributed by atoms with Crippen molar-refractivity contribution < 1.29 is 18.7 Å². The van der Waals surface area contributed by atoms with E-state index >= 15 is 0 Å². The molecule has 5 heteroatoms. The minimum atomic E-state index is -2.78. The van der Waals surface area contributed by atoms with E-state index < -0.39 is 23.5 Å². The van der Waals surface area contributed by atoms with Gasteiger partial charge in [0.15, 0.2) is 0 Å². The van der Waals surface area contributed by atoms with E-state index in [1.807, 2.05) is 0 Å². The summed E-state index contributed by atoms with van der Waals surface area (Å²) in [5.74, 6) is -1.39. The molecule has 3 nitrogen and oxygen atoms in total. The summed E-state index contributed by atoms with van der Waals surface area (Å²) in [5.41, 5.74) is -0.954. The summed E-state index contributed by atoms with van der Waals surface area (Å²) >= 11 is 0. The molecule has 0 bridgehead atoms. The Morgan fingerprint density at radius 1 is 1.58 bits per heavy atom. The molecular formula is C7H5F2NO2. The van der Waals surface area contributed by atoms with Crippen molar-refractivity contribution in [2.45, 2.75) is 6.43 Å². The monoisotopic (exact) mass is 173 g/mol. The second-order valence-electron chi connectivity index (χ2n) is 2.07. The molecule has 0 aromatic carbocycles. The fourth-order valence-corrected chi connectivity index (χ4v) is 0.774. The maximum atomic E-state index is 12.1. The number of nitrogens with zero attached hydrogens (tertiary/aromatic N) is 1. The second kappa shape index (κ2) is 3.25. The molecule has 1 aromatic heterocycles. The highest BCUT2D eigenvalue weighted by molar-refractivity contribution is 5.89. The molecule has 0 fully saturated rings. The molecule has 0 atom stereocenters. The molecule has 1 aromatic rings. The van der Waals surface area contributed by atoms with Crippen LogP contribution in [0.4, 0.5) is 8.78 Å². The number of hydrogen-bond donors (Lipinski definition) is 1. The van der Waals surface area contributed by atoms with Crippen LogP contribution in [-0.2, 0) is 0 Å². The van der Waals surface area contributed by atoms with Crippen molar-refractivity contribution in [1.82, 2.24) is 4.98 Å². The van der Waals surface area contributed by atoms with E-state index in [0.29, 0.717) is 0 Å². The van der Waals surface area contributed by atoms with Gasteiger partial charge in [0.1, 0.15) is 0 Å². The Morgan fingerprint density at radius 2 is 2.25 bits per heavy atom. The summed E-state index contributed by atoms with van der Waals surface area (Å²) in [6, 6.07) is 0.994. The Balaban J connectivity index is 3.17. The third-order valence-corrected chi connectivity index (χ3v) is 1.32. The van der Waals surface area contributed by atoms with Crippen LogP contribution in [0, 0.1) is 0 Å². The summed E-state index contributed by atoms with van der Waals surface area (Å²) < 4.78 is 24.2. The molecule has 64 valence electrons. The minimum absolute atomic E-state index is 0.451. The first-order valence-electron chi connectivity index (χ1n) is 3.08. The normalized spacial score (nSPS) is 10.2. The minimum Gasteiger partial charge on any atom is -0.478 e. The van der Waals surface area contributed by atoms with Crippen LogP contribution in [0.1, 0.15) is 22.3 Å². The van der Waals surface area contributed by atoms with Crippen molar-refractivity contribution in [3.05, 3.63) is 29.6 Å². The molecule has 0 aliphatic heterocycles. The zero-order valence-corrected chi connectivity index (χ0v) is 5.87. The molecule has 1 N–H and O–H groups in total. The van der Waals surface area contributed by atoms with Crippen molar-refractivity contribution in [1.29, 1.82) is 0 Å². The molecule has 1 heterocycles. The number of halogens is 2. The van der Waals surface area contributed by atoms with Crippen LogP contribution in [0.25, 0.3) is 0 Å². The summed E-state index contributed by atoms with van der Waals surface area (Å²) in [5, 5.41) is 8.44. The lowest BCUT2D eigenvalue weighted by molar-refractivity contribution is 0.0684. The van der Waals surface area contributed by atoms with Gasteiger partial charge in [0.25, 0.3) is 6.43 Å². The highest BCUT2D eigenvalue weighted by atomic mass is 19.3. The number of rotatable bonds is 2. The Kier molecular flexibility index (Phi) is 2.32. The number of aromatic nitrogens is 1. The number of alkyl halides is 2. The fraction of sp³-hybridized carbons (Fsp3) is 0.143. The number of carboxylic acid groups (broad SMARTS) is 1. The number of hydrogen-bond acceptors (Lipinski definition) is 2. The van der Waals surface area contributed by atoms with Gasteiger partial charge >= 0.3 is 5.97 Å². The van der Waals surface area contributed by atoms with Gasteiger partial charge in [0.2, 0.25) is 0 Å². The fourth-order valence-electron chi connectivity index (χ4n) is 0.774. The smallest absolute Gasteiger partial charge is 0.337 e. The first-order chi connectivity index (χ1) is 5.63. The maximum Gasteiger partial charge on any atom is 0.337 e. The van der Waals surface area contributed by atoms with Crippen molar-refractivity contribution in [3.8, 4) is 0 Å². The van der Waals surface area contributed by atoms with Crippen LogP contribution >= 0.6 is 0 Å². The van der Waals surface area contributed by atoms with Crippen molar-refractivity contribution in [2.75, 3.05) is 0 Å². The number of aromatic carboxylic acids is 1. The van der Waals surface area contributed by atoms with Crippen LogP contribution in [0.2, 0.25) is 0 Å². The van der Waals surface area contributed by atoms with Crippen molar-refractivity contribution >= 4 is 5.97 Å². The second-order valence-corrected chi connectivity index (χ2v) is 2.07. The molecule has 0 amide bonds. The van der Waals surface area contributed by atoms with Crippen LogP contribution < -0.4 is 0 Å². The van der Waals surface area contributed by atoms with Crippen molar-refractivity contribution in [2.24, 2.45) is 0 Å². The van der Waals surface area contributed by atoms with E-state index in [1.165, 1.54) is 0 Å². The largest absolute Gasteiger partial charge is 0.478 e. The molecule has 1 rings (SSSR count). The van der Waals surface area contributed by atoms with E-state index in [-0.39, 0.29) is 0 Å². The van der Waals surface area contributed by atoms with E-state index in [0.717, 1.165) is 18.5 Å². The molecule has 0 spiro atoms. The third-order valence-electron chi connectivity index (χ3n) is 1.32. The lowest BCUT2D eigenvalue weighted by Crippen LogP contribution is -2.03. The zero-order chi connectivity index (χ0) is 9.14. The lowest BCUT2D eigenvalue weighted by atomic mass is 10.1. The maximum absolute atomic E-state index is 12.1. The van der Waals surface area contributed by atoms with Gasteiger partial charge in [-0.1, -0.05) is 0 Å². The van der Waals surface area contributed by atoms with E-state index in [9.17, 15) is 13.6 Å². The molecule has 12 heavy (non-hydrogen) atoms. The van der Waals surface area contributed by atoms with E-state index in [2.05, 4.69) is 4.98 Å². The topological polar surface area (TPSA) is 50.2 Å². The van der Waals surface area contributed by atoms with Gasteiger partial charge in [-0.05, 0) is 6.07 Å². The van der Waals surface area contributed by atoms with Crippen LogP contribution in [-0.4, -0.2) is 16.1 Å². The average molecular weight is 173 g/mol. The van der Waals surface area contributed by atoms with Gasteiger partial charge in [-0.15, -0.1) is 0 Å². The quantitative estimate of drug-likeness (QED) is 0.740. The van der Waals surface area contributed by atoms with Crippen LogP contribution in [0.3, 0.4) is 0 Å². The molecular weight excluding hydrogens is 168 g/mol. The zero-order valence-electron chi connectivity index (χ0n) is 5.87. The van der Waals surface area contributed by atoms with E-state index in [1.54, 1.807) is 0 Å². The highest BCUT2D eigenvalue weighted by Crippen LogP contribution is 2.21. The number of pyridine rings is 1. The Morgan fingerprint density at radius 3 is 2.67 bits per heavy atom. The highest BCUT2D eigenvalue weighted by Gasteiger charge is 2.16. The Labute approximate surface area is 66.7 Å². The van der Waals surface area contributed by atoms with Crippen molar-refractivity contribution in [3.63, 3.8) is 0 Å². The SMILES string of the molecule is O=C(O)c1cnccc1C(F)F. The van der Waals surface area contributed by atoms with Gasteiger partial charge in [0, 0.05) is 18.0 Å². The van der Waals surface area contributed by atoms with Gasteiger partial charge in [-0.2, -0.15) is 0 Å². The average Bonchev–Trinajstić information content (AvgIpc) is 2.04. The van der Waals surface area contributed by atoms with Crippen LogP contribution in [0.5, 0.6) is 0 Å². The summed E-state index contributed by atoms with van der Waals surface area (Å²) in [6.07, 6.45) is -0.739. The van der Waals surface area contributed by atoms with Gasteiger partial charge in [-0.25, -0.2) is 13.6 Å². The van der Waals surface area contributed by atoms with Gasteiger partial charge < -0.3 is 5.11 Å². The molecule has 0 unspecified atom stereocenters. The van der Waals surface area contributed by atoms with Gasteiger partial charge in [-0.3, -0.25) is 4.98 Å². The predicted octanol–water partition coefficient (Wildman–Crippen LogP) is 1.72. The number of carbonyl (C=O) groups is 1.